The van der Waals surface area contributed by atoms with Crippen molar-refractivity contribution in [1.29, 1.82) is 0 Å². The van der Waals surface area contributed by atoms with Crippen molar-refractivity contribution >= 4 is 22.4 Å². The van der Waals surface area contributed by atoms with Crippen LogP contribution in [0.3, 0.4) is 0 Å². The van der Waals surface area contributed by atoms with Crippen molar-refractivity contribution in [3.8, 4) is 5.13 Å². The Balaban J connectivity index is 2.13. The Hall–Kier alpha value is -1.96. The van der Waals surface area contributed by atoms with Crippen LogP contribution < -0.4 is 0 Å². The summed E-state index contributed by atoms with van der Waals surface area (Å²) < 4.78 is 38.8. The third kappa shape index (κ3) is 1.74. The first-order chi connectivity index (χ1) is 8.55. The first-order valence-corrected chi connectivity index (χ1v) is 5.70. The summed E-state index contributed by atoms with van der Waals surface area (Å²) in [6, 6.07) is 7.13. The van der Waals surface area contributed by atoms with Gasteiger partial charge in [-0.1, -0.05) is 23.5 Å². The molecule has 0 unspecified atom stereocenters. The summed E-state index contributed by atoms with van der Waals surface area (Å²) in [5.41, 5.74) is 1.39. The zero-order valence-electron chi connectivity index (χ0n) is 8.72. The van der Waals surface area contributed by atoms with E-state index in [0.29, 0.717) is 22.4 Å². The van der Waals surface area contributed by atoms with Crippen LogP contribution in [0.4, 0.5) is 13.2 Å². The highest BCUT2D eigenvalue weighted by molar-refractivity contribution is 7.13. The fraction of sp³-hybridized carbons (Fsp3) is 0.100. The van der Waals surface area contributed by atoms with Gasteiger partial charge in [0.25, 0.3) is 0 Å². The first-order valence-electron chi connectivity index (χ1n) is 4.89. The lowest BCUT2D eigenvalue weighted by Gasteiger charge is -1.98. The number of hydrogen-bond acceptors (Lipinski definition) is 4. The Bertz CT molecular complexity index is 700. The largest absolute Gasteiger partial charge is 0.445 e. The summed E-state index contributed by atoms with van der Waals surface area (Å²) in [6.07, 6.45) is -3.03. The van der Waals surface area contributed by atoms with Gasteiger partial charge in [0.2, 0.25) is 10.1 Å². The maximum Gasteiger partial charge on any atom is 0.445 e. The highest BCUT2D eigenvalue weighted by Crippen LogP contribution is 2.33. The standard InChI is InChI=1S/C10H5F3N4S/c11-10(12,13)8-15-16-9(18-8)17-5-14-6-3-1-2-4-7(6)17/h1-5H. The van der Waals surface area contributed by atoms with Crippen LogP contribution in [0.1, 0.15) is 5.01 Å². The van der Waals surface area contributed by atoms with Gasteiger partial charge in [-0.15, -0.1) is 10.2 Å². The van der Waals surface area contributed by atoms with E-state index in [4.69, 9.17) is 0 Å². The minimum absolute atomic E-state index is 0.149. The van der Waals surface area contributed by atoms with Gasteiger partial charge >= 0.3 is 6.18 Å². The van der Waals surface area contributed by atoms with Crippen LogP contribution in [0.25, 0.3) is 16.2 Å². The molecule has 8 heteroatoms. The van der Waals surface area contributed by atoms with Crippen molar-refractivity contribution in [2.45, 2.75) is 6.18 Å². The average Bonchev–Trinajstić information content (AvgIpc) is 2.94. The molecule has 4 nitrogen and oxygen atoms in total. The van der Waals surface area contributed by atoms with Gasteiger partial charge in [0.15, 0.2) is 0 Å². The molecule has 0 aliphatic carbocycles. The van der Waals surface area contributed by atoms with Crippen LogP contribution in [0.5, 0.6) is 0 Å². The number of hydrogen-bond donors (Lipinski definition) is 0. The van der Waals surface area contributed by atoms with Gasteiger partial charge in [-0.25, -0.2) is 4.98 Å². The number of benzene rings is 1. The minimum Gasteiger partial charge on any atom is -0.273 e. The van der Waals surface area contributed by atoms with Gasteiger partial charge < -0.3 is 0 Å². The van der Waals surface area contributed by atoms with Crippen LogP contribution >= 0.6 is 11.3 Å². The quantitative estimate of drug-likeness (QED) is 0.683. The topological polar surface area (TPSA) is 43.6 Å². The van der Waals surface area contributed by atoms with Gasteiger partial charge in [0.05, 0.1) is 11.0 Å². The van der Waals surface area contributed by atoms with Crippen molar-refractivity contribution in [1.82, 2.24) is 19.7 Å². The Morgan fingerprint density at radius 3 is 2.61 bits per heavy atom. The van der Waals surface area contributed by atoms with Gasteiger partial charge in [-0.3, -0.25) is 4.57 Å². The Labute approximate surface area is 103 Å². The second-order valence-electron chi connectivity index (χ2n) is 3.49. The molecule has 0 bridgehead atoms. The van der Waals surface area contributed by atoms with Crippen molar-refractivity contribution in [2.24, 2.45) is 0 Å². The van der Waals surface area contributed by atoms with E-state index in [9.17, 15) is 13.2 Å². The smallest absolute Gasteiger partial charge is 0.273 e. The molecule has 92 valence electrons. The van der Waals surface area contributed by atoms with Crippen LogP contribution in [-0.4, -0.2) is 19.7 Å². The van der Waals surface area contributed by atoms with Crippen LogP contribution in [0, 0.1) is 0 Å². The van der Waals surface area contributed by atoms with Crippen LogP contribution in [-0.2, 0) is 6.18 Å². The Morgan fingerprint density at radius 1 is 1.11 bits per heavy atom. The molecule has 18 heavy (non-hydrogen) atoms. The molecule has 0 atom stereocenters. The molecule has 0 fully saturated rings. The van der Waals surface area contributed by atoms with E-state index < -0.39 is 11.2 Å². The van der Waals surface area contributed by atoms with E-state index in [1.165, 1.54) is 10.9 Å². The molecule has 0 saturated heterocycles. The van der Waals surface area contributed by atoms with Crippen molar-refractivity contribution in [2.75, 3.05) is 0 Å². The van der Waals surface area contributed by atoms with Gasteiger partial charge in [0, 0.05) is 0 Å². The maximum atomic E-state index is 12.4. The van der Waals surface area contributed by atoms with E-state index in [1.54, 1.807) is 24.3 Å². The molecule has 0 spiro atoms. The number of imidazole rings is 1. The zero-order valence-corrected chi connectivity index (χ0v) is 9.53. The minimum atomic E-state index is -4.47. The maximum absolute atomic E-state index is 12.4. The third-order valence-electron chi connectivity index (χ3n) is 2.32. The molecular formula is C10H5F3N4S. The van der Waals surface area contributed by atoms with E-state index in [-0.39, 0.29) is 5.13 Å². The Kier molecular flexibility index (Phi) is 2.34. The first kappa shape index (κ1) is 11.1. The number of halogens is 3. The molecule has 0 saturated carbocycles. The van der Waals surface area contributed by atoms with E-state index in [2.05, 4.69) is 15.2 Å². The molecular weight excluding hydrogens is 265 g/mol. The summed E-state index contributed by atoms with van der Waals surface area (Å²) >= 11 is 0.488. The Morgan fingerprint density at radius 2 is 1.89 bits per heavy atom. The third-order valence-corrected chi connectivity index (χ3v) is 3.28. The lowest BCUT2D eigenvalue weighted by atomic mass is 10.3. The van der Waals surface area contributed by atoms with Crippen molar-refractivity contribution in [3.63, 3.8) is 0 Å². The predicted octanol–water partition coefficient (Wildman–Crippen LogP) is 2.90. The molecule has 0 N–H and O–H groups in total. The summed E-state index contributed by atoms with van der Waals surface area (Å²) in [5.74, 6) is 0. The number of rotatable bonds is 1. The van der Waals surface area contributed by atoms with Crippen LogP contribution in [0.2, 0.25) is 0 Å². The number of nitrogens with zero attached hydrogens (tertiary/aromatic N) is 4. The molecule has 2 aromatic heterocycles. The fourth-order valence-corrected chi connectivity index (χ4v) is 2.23. The lowest BCUT2D eigenvalue weighted by Crippen LogP contribution is -2.03. The van der Waals surface area contributed by atoms with Gasteiger partial charge in [-0.05, 0) is 12.1 Å². The number of alkyl halides is 3. The molecule has 1 aromatic carbocycles. The molecule has 2 heterocycles. The normalized spacial score (nSPS) is 12.2. The highest BCUT2D eigenvalue weighted by atomic mass is 32.1. The number of para-hydroxylation sites is 2. The average molecular weight is 270 g/mol. The SMILES string of the molecule is FC(F)(F)c1nnc(-n2cnc3ccccc32)s1. The van der Waals surface area contributed by atoms with E-state index >= 15 is 0 Å². The van der Waals surface area contributed by atoms with E-state index in [1.807, 2.05) is 0 Å². The van der Waals surface area contributed by atoms with Gasteiger partial charge in [0.1, 0.15) is 6.33 Å². The monoisotopic (exact) mass is 270 g/mol. The summed E-state index contributed by atoms with van der Waals surface area (Å²) in [4.78, 5) is 4.09. The van der Waals surface area contributed by atoms with Crippen molar-refractivity contribution < 1.29 is 13.2 Å². The molecule has 3 aromatic rings. The van der Waals surface area contributed by atoms with E-state index in [0.717, 1.165) is 0 Å². The van der Waals surface area contributed by atoms with Crippen LogP contribution in [0.15, 0.2) is 30.6 Å². The second-order valence-corrected chi connectivity index (χ2v) is 4.45. The zero-order chi connectivity index (χ0) is 12.8. The summed E-state index contributed by atoms with van der Waals surface area (Å²) in [5, 5.41) is 5.88. The van der Waals surface area contributed by atoms with Gasteiger partial charge in [-0.2, -0.15) is 13.2 Å². The highest BCUT2D eigenvalue weighted by Gasteiger charge is 2.35. The molecule has 0 radical (unpaired) electrons. The number of fused-ring (bicyclic) bond motifs is 1. The molecule has 0 aliphatic heterocycles. The summed E-state index contributed by atoms with van der Waals surface area (Å²) in [6.45, 7) is 0. The summed E-state index contributed by atoms with van der Waals surface area (Å²) in [7, 11) is 0. The number of aromatic nitrogens is 4. The lowest BCUT2D eigenvalue weighted by molar-refractivity contribution is -0.138. The fourth-order valence-electron chi connectivity index (χ4n) is 1.54. The predicted molar refractivity (Wildman–Crippen MR) is 59.5 cm³/mol. The molecule has 3 rings (SSSR count). The second kappa shape index (κ2) is 3.77. The molecule has 0 aliphatic rings. The van der Waals surface area contributed by atoms with Crippen molar-refractivity contribution in [3.05, 3.63) is 35.6 Å². The molecule has 0 amide bonds.